The van der Waals surface area contributed by atoms with Crippen LogP contribution in [0, 0.1) is 0 Å². The van der Waals surface area contributed by atoms with Crippen molar-refractivity contribution in [2.24, 2.45) is 0 Å². The van der Waals surface area contributed by atoms with Gasteiger partial charge in [-0.3, -0.25) is 4.98 Å². The van der Waals surface area contributed by atoms with Crippen molar-refractivity contribution >= 4 is 17.3 Å². The summed E-state index contributed by atoms with van der Waals surface area (Å²) >= 11 is 1.32. The zero-order valence-electron chi connectivity index (χ0n) is 6.53. The normalized spacial score (nSPS) is 17.0. The number of aromatic nitrogens is 1. The van der Waals surface area contributed by atoms with Crippen LogP contribution in [0.1, 0.15) is 28.9 Å². The van der Waals surface area contributed by atoms with Gasteiger partial charge in [0.25, 0.3) is 0 Å². The van der Waals surface area contributed by atoms with Crippen LogP contribution in [0.3, 0.4) is 0 Å². The summed E-state index contributed by atoms with van der Waals surface area (Å²) in [6, 6.07) is 0. The Morgan fingerprint density at radius 3 is 3.00 bits per heavy atom. The maximum atomic E-state index is 11.3. The minimum Gasteiger partial charge on any atom is -0.458 e. The number of hydrogen-bond acceptors (Lipinski definition) is 4. The highest BCUT2D eigenvalue weighted by Gasteiger charge is 2.22. The molecule has 0 spiro atoms. The number of thiazole rings is 1. The summed E-state index contributed by atoms with van der Waals surface area (Å²) in [5.74, 6) is -0.220. The summed E-state index contributed by atoms with van der Waals surface area (Å²) in [6.45, 7) is 0. The van der Waals surface area contributed by atoms with Gasteiger partial charge in [-0.2, -0.15) is 0 Å². The topological polar surface area (TPSA) is 39.2 Å². The lowest BCUT2D eigenvalue weighted by Crippen LogP contribution is -2.24. The van der Waals surface area contributed by atoms with Gasteiger partial charge in [0, 0.05) is 0 Å². The molecule has 1 aromatic heterocycles. The molecule has 3 nitrogen and oxygen atoms in total. The molecule has 1 fully saturated rings. The number of esters is 1. The van der Waals surface area contributed by atoms with Gasteiger partial charge in [0.2, 0.25) is 0 Å². The molecule has 1 saturated carbocycles. The van der Waals surface area contributed by atoms with Crippen molar-refractivity contribution in [2.45, 2.75) is 25.4 Å². The molecule has 64 valence electrons. The van der Waals surface area contributed by atoms with Gasteiger partial charge in [-0.25, -0.2) is 4.79 Å². The van der Waals surface area contributed by atoms with Crippen molar-refractivity contribution < 1.29 is 9.53 Å². The van der Waals surface area contributed by atoms with Crippen LogP contribution in [-0.2, 0) is 4.74 Å². The molecular formula is C8H9NO2S. The van der Waals surface area contributed by atoms with Crippen LogP contribution in [-0.4, -0.2) is 17.1 Å². The molecule has 1 aliphatic rings. The lowest BCUT2D eigenvalue weighted by Gasteiger charge is -2.24. The fourth-order valence-electron chi connectivity index (χ4n) is 1.01. The minimum atomic E-state index is -0.220. The van der Waals surface area contributed by atoms with Gasteiger partial charge in [-0.15, -0.1) is 11.3 Å². The predicted octanol–water partition coefficient (Wildman–Crippen LogP) is 1.85. The van der Waals surface area contributed by atoms with E-state index in [1.165, 1.54) is 17.8 Å². The number of hydrogen-bond donors (Lipinski definition) is 0. The molecule has 0 radical (unpaired) electrons. The maximum absolute atomic E-state index is 11.3. The van der Waals surface area contributed by atoms with Crippen molar-refractivity contribution in [3.8, 4) is 0 Å². The molecule has 0 aromatic carbocycles. The zero-order chi connectivity index (χ0) is 8.39. The van der Waals surface area contributed by atoms with E-state index in [4.69, 9.17) is 4.74 Å². The molecule has 1 heterocycles. The highest BCUT2D eigenvalue weighted by Crippen LogP contribution is 2.23. The van der Waals surface area contributed by atoms with Crippen molar-refractivity contribution in [3.63, 3.8) is 0 Å². The molecule has 0 amide bonds. The molecule has 1 aromatic rings. The van der Waals surface area contributed by atoms with Crippen LogP contribution in [0.25, 0.3) is 0 Å². The monoisotopic (exact) mass is 183 g/mol. The largest absolute Gasteiger partial charge is 0.458 e. The van der Waals surface area contributed by atoms with E-state index in [0.29, 0.717) is 4.88 Å². The van der Waals surface area contributed by atoms with Crippen molar-refractivity contribution in [1.82, 2.24) is 4.98 Å². The fraction of sp³-hybridized carbons (Fsp3) is 0.500. The molecule has 0 bridgehead atoms. The summed E-state index contributed by atoms with van der Waals surface area (Å²) < 4.78 is 5.16. The van der Waals surface area contributed by atoms with Gasteiger partial charge in [-0.05, 0) is 19.3 Å². The molecular weight excluding hydrogens is 174 g/mol. The lowest BCUT2D eigenvalue weighted by atomic mass is 9.96. The standard InChI is InChI=1S/C8H9NO2S/c10-8(7-4-9-5-12-7)11-6-2-1-3-6/h4-6H,1-3H2. The second kappa shape index (κ2) is 3.23. The first-order valence-corrected chi connectivity index (χ1v) is 4.83. The summed E-state index contributed by atoms with van der Waals surface area (Å²) in [7, 11) is 0. The van der Waals surface area contributed by atoms with Gasteiger partial charge in [0.15, 0.2) is 0 Å². The van der Waals surface area contributed by atoms with Crippen molar-refractivity contribution in [3.05, 3.63) is 16.6 Å². The first-order valence-electron chi connectivity index (χ1n) is 3.96. The summed E-state index contributed by atoms with van der Waals surface area (Å²) in [5.41, 5.74) is 1.64. The van der Waals surface area contributed by atoms with E-state index >= 15 is 0 Å². The number of ether oxygens (including phenoxy) is 1. The van der Waals surface area contributed by atoms with Gasteiger partial charge in [-0.1, -0.05) is 0 Å². The molecule has 1 aliphatic carbocycles. The molecule has 0 N–H and O–H groups in total. The van der Waals surface area contributed by atoms with Gasteiger partial charge in [0.1, 0.15) is 11.0 Å². The Hall–Kier alpha value is -0.900. The number of nitrogens with zero attached hydrogens (tertiary/aromatic N) is 1. The van der Waals surface area contributed by atoms with E-state index < -0.39 is 0 Å². The average Bonchev–Trinajstić information content (AvgIpc) is 2.47. The van der Waals surface area contributed by atoms with E-state index in [0.717, 1.165) is 12.8 Å². The second-order valence-corrected chi connectivity index (χ2v) is 3.71. The Morgan fingerprint density at radius 1 is 1.67 bits per heavy atom. The fourth-order valence-corrected chi connectivity index (χ4v) is 1.52. The first kappa shape index (κ1) is 7.73. The van der Waals surface area contributed by atoms with Crippen LogP contribution in [0.15, 0.2) is 11.7 Å². The molecule has 0 saturated heterocycles. The third-order valence-corrected chi connectivity index (χ3v) is 2.71. The third kappa shape index (κ3) is 1.48. The van der Waals surface area contributed by atoms with E-state index in [1.807, 2.05) is 0 Å². The van der Waals surface area contributed by atoms with Crippen LogP contribution in [0.2, 0.25) is 0 Å². The number of rotatable bonds is 2. The number of carbonyl (C=O) groups excluding carboxylic acids is 1. The Bertz CT molecular complexity index is 267. The van der Waals surface area contributed by atoms with Gasteiger partial charge >= 0.3 is 5.97 Å². The predicted molar refractivity (Wildman–Crippen MR) is 45.2 cm³/mol. The van der Waals surface area contributed by atoms with E-state index in [1.54, 1.807) is 11.7 Å². The van der Waals surface area contributed by atoms with Crippen molar-refractivity contribution in [2.75, 3.05) is 0 Å². The lowest BCUT2D eigenvalue weighted by molar-refractivity contribution is 0.00953. The average molecular weight is 183 g/mol. The van der Waals surface area contributed by atoms with E-state index in [-0.39, 0.29) is 12.1 Å². The second-order valence-electron chi connectivity index (χ2n) is 2.82. The van der Waals surface area contributed by atoms with Gasteiger partial charge < -0.3 is 4.74 Å². The van der Waals surface area contributed by atoms with Crippen LogP contribution in [0.4, 0.5) is 0 Å². The van der Waals surface area contributed by atoms with Crippen LogP contribution >= 0.6 is 11.3 Å². The van der Waals surface area contributed by atoms with E-state index in [2.05, 4.69) is 4.98 Å². The van der Waals surface area contributed by atoms with Crippen LogP contribution in [0.5, 0.6) is 0 Å². The van der Waals surface area contributed by atoms with Gasteiger partial charge in [0.05, 0.1) is 11.7 Å². The molecule has 0 atom stereocenters. The molecule has 0 unspecified atom stereocenters. The van der Waals surface area contributed by atoms with E-state index in [9.17, 15) is 4.79 Å². The Balaban J connectivity index is 1.92. The summed E-state index contributed by atoms with van der Waals surface area (Å²) in [6.07, 6.45) is 4.93. The Labute approximate surface area is 74.4 Å². The molecule has 12 heavy (non-hydrogen) atoms. The minimum absolute atomic E-state index is 0.166. The Morgan fingerprint density at radius 2 is 2.50 bits per heavy atom. The zero-order valence-corrected chi connectivity index (χ0v) is 7.34. The molecule has 0 aliphatic heterocycles. The maximum Gasteiger partial charge on any atom is 0.350 e. The summed E-state index contributed by atoms with van der Waals surface area (Å²) in [4.78, 5) is 15.7. The number of carbonyl (C=O) groups is 1. The Kier molecular flexibility index (Phi) is 2.08. The highest BCUT2D eigenvalue weighted by atomic mass is 32.1. The van der Waals surface area contributed by atoms with Crippen LogP contribution < -0.4 is 0 Å². The van der Waals surface area contributed by atoms with Crippen molar-refractivity contribution in [1.29, 1.82) is 0 Å². The summed E-state index contributed by atoms with van der Waals surface area (Å²) in [5, 5.41) is 0. The molecule has 2 rings (SSSR count). The highest BCUT2D eigenvalue weighted by molar-refractivity contribution is 7.11. The first-order chi connectivity index (χ1) is 5.86. The quantitative estimate of drug-likeness (QED) is 0.657. The molecule has 4 heteroatoms. The third-order valence-electron chi connectivity index (χ3n) is 1.96. The smallest absolute Gasteiger partial charge is 0.350 e. The SMILES string of the molecule is O=C(OC1CCC1)c1cncs1.